The third-order valence-corrected chi connectivity index (χ3v) is 11.8. The molecule has 3 aliphatic rings. The molecule has 4 heterocycles. The molecule has 3 aliphatic heterocycles. The Kier molecular flexibility index (Phi) is 12.4. The number of unbranched alkanes of at least 4 members (excludes halogenated alkanes) is 3. The van der Waals surface area contributed by atoms with Gasteiger partial charge in [0.1, 0.15) is 23.5 Å². The van der Waals surface area contributed by atoms with Gasteiger partial charge < -0.3 is 24.6 Å². The summed E-state index contributed by atoms with van der Waals surface area (Å²) in [5, 5.41) is 6.69. The van der Waals surface area contributed by atoms with Crippen molar-refractivity contribution in [2.24, 2.45) is 0 Å². The number of likely N-dealkylation sites (tertiary alicyclic amines) is 1. The minimum absolute atomic E-state index is 0.00406. The van der Waals surface area contributed by atoms with E-state index < -0.39 is 17.8 Å². The van der Waals surface area contributed by atoms with Crippen molar-refractivity contribution >= 4 is 56.3 Å². The van der Waals surface area contributed by atoms with Crippen LogP contribution in [0.5, 0.6) is 11.5 Å². The van der Waals surface area contributed by atoms with Gasteiger partial charge in [-0.2, -0.15) is 0 Å². The molecule has 14 heteroatoms. The van der Waals surface area contributed by atoms with Gasteiger partial charge in [0.05, 0.1) is 25.3 Å². The number of anilines is 1. The Balaban J connectivity index is 0.858. The number of halogens is 2. The fourth-order valence-electron chi connectivity index (χ4n) is 8.23. The van der Waals surface area contributed by atoms with Crippen molar-refractivity contribution < 1.29 is 33.0 Å². The third kappa shape index (κ3) is 9.06. The van der Waals surface area contributed by atoms with Crippen molar-refractivity contribution in [1.29, 1.82) is 0 Å². The summed E-state index contributed by atoms with van der Waals surface area (Å²) in [4.78, 5) is 63.3. The summed E-state index contributed by atoms with van der Waals surface area (Å²) in [7, 11) is 1.62. The van der Waals surface area contributed by atoms with Gasteiger partial charge in [-0.05, 0) is 98.9 Å². The number of aromatic nitrogens is 2. The number of nitrogens with one attached hydrogen (secondary N) is 2. The summed E-state index contributed by atoms with van der Waals surface area (Å²) in [5.74, 6) is 0.988. The largest absolute Gasteiger partial charge is 0.493 e. The molecular weight excluding hydrogens is 795 g/mol. The number of hydrogen-bond acceptors (Lipinski definition) is 9. The second kappa shape index (κ2) is 17.6. The lowest BCUT2D eigenvalue weighted by molar-refractivity contribution is -0.137. The van der Waals surface area contributed by atoms with Gasteiger partial charge in [-0.3, -0.25) is 24.5 Å². The smallest absolute Gasteiger partial charge is 0.255 e. The first-order valence-electron chi connectivity index (χ1n) is 19.7. The number of aryl methyl sites for hydroxylation is 1. The maximum atomic E-state index is 14.8. The monoisotopic (exact) mass is 842 g/mol. The summed E-state index contributed by atoms with van der Waals surface area (Å²) in [6.45, 7) is 5.79. The van der Waals surface area contributed by atoms with E-state index in [2.05, 4.69) is 50.6 Å². The molecule has 4 amide bonds. The number of piperidine rings is 2. The molecular formula is C43H48BrFN6O6. The molecule has 300 valence electrons. The van der Waals surface area contributed by atoms with Crippen LogP contribution in [0.15, 0.2) is 53.0 Å². The molecule has 0 spiro atoms. The Morgan fingerprint density at radius 2 is 1.81 bits per heavy atom. The average molecular weight is 844 g/mol. The topological polar surface area (TPSA) is 143 Å². The average Bonchev–Trinajstić information content (AvgIpc) is 3.51. The van der Waals surface area contributed by atoms with Crippen molar-refractivity contribution in [1.82, 2.24) is 25.1 Å². The van der Waals surface area contributed by atoms with Crippen LogP contribution in [0.1, 0.15) is 110 Å². The molecule has 0 radical (unpaired) electrons. The fourth-order valence-corrected chi connectivity index (χ4v) is 8.65. The first kappa shape index (κ1) is 40.1. The normalized spacial score (nSPS) is 17.8. The Morgan fingerprint density at radius 1 is 1.02 bits per heavy atom. The number of carbonyl (C=O) groups excluding carboxylic acids is 4. The Hall–Kier alpha value is -5.11. The number of rotatable bonds is 14. The molecule has 2 atom stereocenters. The zero-order valence-electron chi connectivity index (χ0n) is 32.5. The summed E-state index contributed by atoms with van der Waals surface area (Å²) in [6, 6.07) is 14.0. The first-order valence-corrected chi connectivity index (χ1v) is 20.5. The van der Waals surface area contributed by atoms with Gasteiger partial charge in [0.2, 0.25) is 17.7 Å². The van der Waals surface area contributed by atoms with Crippen LogP contribution in [0.3, 0.4) is 0 Å². The molecule has 0 aliphatic carbocycles. The second-order valence-corrected chi connectivity index (χ2v) is 16.1. The van der Waals surface area contributed by atoms with E-state index in [0.717, 1.165) is 63.6 Å². The summed E-state index contributed by atoms with van der Waals surface area (Å²) in [5.41, 5.74) is 3.68. The van der Waals surface area contributed by atoms with Crippen LogP contribution in [0.4, 0.5) is 10.2 Å². The van der Waals surface area contributed by atoms with E-state index in [0.29, 0.717) is 56.3 Å². The highest BCUT2D eigenvalue weighted by molar-refractivity contribution is 9.10. The Morgan fingerprint density at radius 3 is 2.56 bits per heavy atom. The van der Waals surface area contributed by atoms with Crippen molar-refractivity contribution in [3.63, 3.8) is 0 Å². The van der Waals surface area contributed by atoms with Crippen LogP contribution in [-0.4, -0.2) is 76.2 Å². The molecule has 1 unspecified atom stereocenters. The number of carbonyl (C=O) groups is 4. The van der Waals surface area contributed by atoms with Crippen LogP contribution in [0.25, 0.3) is 10.9 Å². The van der Waals surface area contributed by atoms with E-state index in [9.17, 15) is 23.6 Å². The highest BCUT2D eigenvalue weighted by atomic mass is 79.9. The lowest BCUT2D eigenvalue weighted by Gasteiger charge is -2.33. The number of methoxy groups -OCH3 is 1. The van der Waals surface area contributed by atoms with Gasteiger partial charge in [0.25, 0.3) is 5.91 Å². The van der Waals surface area contributed by atoms with Gasteiger partial charge in [-0.25, -0.2) is 14.4 Å². The molecule has 2 saturated heterocycles. The number of fused-ring (bicyclic) bond motifs is 2. The molecule has 0 bridgehead atoms. The van der Waals surface area contributed by atoms with E-state index >= 15 is 0 Å². The Labute approximate surface area is 340 Å². The molecule has 2 N–H and O–H groups in total. The lowest BCUT2D eigenvalue weighted by atomic mass is 9.85. The van der Waals surface area contributed by atoms with Crippen molar-refractivity contribution in [2.75, 3.05) is 32.1 Å². The zero-order chi connectivity index (χ0) is 40.2. The molecule has 4 aromatic rings. The van der Waals surface area contributed by atoms with Crippen molar-refractivity contribution in [3.8, 4) is 11.5 Å². The molecule has 0 saturated carbocycles. The highest BCUT2D eigenvalue weighted by Crippen LogP contribution is 2.39. The number of amides is 4. The first-order chi connectivity index (χ1) is 27.5. The predicted octanol–water partition coefficient (Wildman–Crippen LogP) is 7.52. The maximum Gasteiger partial charge on any atom is 0.255 e. The minimum Gasteiger partial charge on any atom is -0.493 e. The van der Waals surface area contributed by atoms with Crippen molar-refractivity contribution in [3.05, 3.63) is 86.9 Å². The Bertz CT molecular complexity index is 2190. The third-order valence-electron chi connectivity index (χ3n) is 11.3. The lowest BCUT2D eigenvalue weighted by Crippen LogP contribution is -2.52. The summed E-state index contributed by atoms with van der Waals surface area (Å²) >= 11 is 3.55. The molecule has 7 rings (SSSR count). The quantitative estimate of drug-likeness (QED) is 0.0974. The standard InChI is InChI=1S/C43H48BrFN6O6/c1-25(28-9-8-10-29(44)19-28)46-41-33-22-37(56-3)38(23-35(33)47-26(2)48-41)57-18-7-5-4-6-11-40(53)50-16-14-27(15-17-50)31-20-30(45)21-32-34(31)24-51(43(32)55)36-12-13-39(52)49-42(36)54/h8-10,19-23,25,27,36H,4-7,11-18,24H2,1-3H3,(H,46,47,48)(H,49,52,54)/t25-,36?/m1/s1. The minimum atomic E-state index is -0.756. The van der Waals surface area contributed by atoms with Gasteiger partial charge in [-0.15, -0.1) is 0 Å². The van der Waals surface area contributed by atoms with Gasteiger partial charge >= 0.3 is 0 Å². The predicted molar refractivity (Wildman–Crippen MR) is 217 cm³/mol. The number of ether oxygens (including phenoxy) is 2. The van der Waals surface area contributed by atoms with Gasteiger partial charge in [0.15, 0.2) is 11.5 Å². The van der Waals surface area contributed by atoms with Crippen LogP contribution in [0, 0.1) is 12.7 Å². The highest BCUT2D eigenvalue weighted by Gasteiger charge is 2.41. The summed E-state index contributed by atoms with van der Waals surface area (Å²) < 4.78 is 27.7. The van der Waals surface area contributed by atoms with Crippen molar-refractivity contribution in [2.45, 2.75) is 96.2 Å². The molecule has 57 heavy (non-hydrogen) atoms. The van der Waals surface area contributed by atoms with Gasteiger partial charge in [0, 0.05) is 54.0 Å². The van der Waals surface area contributed by atoms with E-state index in [1.54, 1.807) is 7.11 Å². The van der Waals surface area contributed by atoms with E-state index in [1.807, 2.05) is 36.1 Å². The molecule has 3 aromatic carbocycles. The maximum absolute atomic E-state index is 14.8. The van der Waals surface area contributed by atoms with Crippen LogP contribution in [-0.2, 0) is 20.9 Å². The molecule has 1 aromatic heterocycles. The zero-order valence-corrected chi connectivity index (χ0v) is 34.1. The van der Waals surface area contributed by atoms with Gasteiger partial charge in [-0.1, -0.05) is 40.9 Å². The van der Waals surface area contributed by atoms with Crippen LogP contribution < -0.4 is 20.1 Å². The van der Waals surface area contributed by atoms with E-state index in [4.69, 9.17) is 14.5 Å². The molecule has 12 nitrogen and oxygen atoms in total. The van der Waals surface area contributed by atoms with E-state index in [-0.39, 0.29) is 54.6 Å². The summed E-state index contributed by atoms with van der Waals surface area (Å²) in [6.07, 6.45) is 5.60. The SMILES string of the molecule is COc1cc2c(N[C@H](C)c3cccc(Br)c3)nc(C)nc2cc1OCCCCCCC(=O)N1CCC(c2cc(F)cc3c2CN(C2CCC(=O)NC2=O)C3=O)CC1. The van der Waals surface area contributed by atoms with Crippen LogP contribution in [0.2, 0.25) is 0 Å². The van der Waals surface area contributed by atoms with E-state index in [1.165, 1.54) is 17.0 Å². The molecule has 2 fully saturated rings. The number of benzene rings is 3. The second-order valence-electron chi connectivity index (χ2n) is 15.1. The number of hydrogen-bond donors (Lipinski definition) is 2. The van der Waals surface area contributed by atoms with Crippen LogP contribution >= 0.6 is 15.9 Å². The number of nitrogens with zero attached hydrogens (tertiary/aromatic N) is 4. The number of imide groups is 1. The fraction of sp³-hybridized carbons (Fsp3) is 0.442.